The zero-order valence-electron chi connectivity index (χ0n) is 12.4. The third-order valence-electron chi connectivity index (χ3n) is 3.33. The number of anilines is 1. The van der Waals surface area contributed by atoms with Crippen LogP contribution in [0.15, 0.2) is 48.2 Å². The highest BCUT2D eigenvalue weighted by Crippen LogP contribution is 2.32. The lowest BCUT2D eigenvalue weighted by Gasteiger charge is -2.23. The van der Waals surface area contributed by atoms with Gasteiger partial charge in [-0.1, -0.05) is 43.4 Å². The first-order valence-corrected chi connectivity index (χ1v) is 7.43. The van der Waals surface area contributed by atoms with Gasteiger partial charge in [0.25, 0.3) is 0 Å². The molecule has 0 saturated carbocycles. The van der Waals surface area contributed by atoms with Gasteiger partial charge in [0.1, 0.15) is 5.92 Å². The van der Waals surface area contributed by atoms with Crippen LogP contribution in [0.5, 0.6) is 0 Å². The predicted molar refractivity (Wildman–Crippen MR) is 89.7 cm³/mol. The minimum atomic E-state index is -4.43. The number of alkyl halides is 3. The van der Waals surface area contributed by atoms with Crippen LogP contribution in [0.2, 0.25) is 0 Å². The zero-order valence-corrected chi connectivity index (χ0v) is 13.2. The Balaban J connectivity index is 2.04. The Morgan fingerprint density at radius 1 is 1.30 bits per heavy atom. The van der Waals surface area contributed by atoms with Crippen molar-refractivity contribution in [3.8, 4) is 0 Å². The lowest BCUT2D eigenvalue weighted by Crippen LogP contribution is -2.38. The molecule has 0 spiro atoms. The first kappa shape index (κ1) is 17.2. The summed E-state index contributed by atoms with van der Waals surface area (Å²) < 4.78 is 38.6. The van der Waals surface area contributed by atoms with Crippen molar-refractivity contribution in [2.75, 3.05) is 5.32 Å². The van der Waals surface area contributed by atoms with Crippen molar-refractivity contribution in [3.63, 3.8) is 0 Å². The number of hydrogen-bond acceptors (Lipinski definition) is 2. The average Bonchev–Trinajstić information content (AvgIpc) is 2.48. The Labute approximate surface area is 137 Å². The number of guanidine groups is 1. The summed E-state index contributed by atoms with van der Waals surface area (Å²) in [6.45, 7) is 2.01. The Kier molecular flexibility index (Phi) is 5.20. The molecule has 122 valence electrons. The second-order valence-corrected chi connectivity index (χ2v) is 5.47. The van der Waals surface area contributed by atoms with Crippen LogP contribution in [0, 0.1) is 11.3 Å². The average molecular weight is 339 g/mol. The van der Waals surface area contributed by atoms with Gasteiger partial charge in [-0.3, -0.25) is 5.41 Å². The van der Waals surface area contributed by atoms with Gasteiger partial charge >= 0.3 is 6.18 Å². The molecule has 0 fully saturated rings. The summed E-state index contributed by atoms with van der Waals surface area (Å²) in [5.41, 5.74) is 1.89. The van der Waals surface area contributed by atoms with Gasteiger partial charge in [0.05, 0.1) is 10.6 Å². The number of allylic oxidation sites excluding steroid dienone is 4. The smallest absolute Gasteiger partial charge is 0.326 e. The number of nitrogens with one attached hydrogen (secondary N) is 3. The van der Waals surface area contributed by atoms with Gasteiger partial charge in [-0.15, -0.1) is 0 Å². The fraction of sp³-hybridized carbons (Fsp3) is 0.250. The van der Waals surface area contributed by atoms with E-state index in [-0.39, 0.29) is 16.5 Å². The Hall–Kier alpha value is -2.15. The molecule has 1 aromatic carbocycles. The van der Waals surface area contributed by atoms with E-state index in [1.807, 2.05) is 25.1 Å². The van der Waals surface area contributed by atoms with Gasteiger partial charge in [-0.2, -0.15) is 13.2 Å². The van der Waals surface area contributed by atoms with Crippen molar-refractivity contribution in [2.45, 2.75) is 19.5 Å². The van der Waals surface area contributed by atoms with E-state index in [1.54, 1.807) is 6.07 Å². The molecule has 0 saturated heterocycles. The molecule has 1 unspecified atom stereocenters. The quantitative estimate of drug-likeness (QED) is 0.440. The number of halogens is 3. The summed E-state index contributed by atoms with van der Waals surface area (Å²) in [7, 11) is 0. The summed E-state index contributed by atoms with van der Waals surface area (Å²) in [5.74, 6) is -1.94. The molecule has 0 heterocycles. The standard InChI is InChI=1S/C16H16F3N3S/c1-2-10-5-3-6-11(9-10)21-15(20)22-13-8-4-7-12(14(13)23)16(17,18)19/h3-9,12H,2H2,1H3,(H3,20,21,22). The third kappa shape index (κ3) is 4.41. The van der Waals surface area contributed by atoms with Gasteiger partial charge < -0.3 is 10.6 Å². The maximum absolute atomic E-state index is 12.9. The van der Waals surface area contributed by atoms with Crippen molar-refractivity contribution in [3.05, 3.63) is 53.8 Å². The lowest BCUT2D eigenvalue weighted by atomic mass is 9.97. The number of thiocarbonyl (C=S) groups is 1. The molecule has 0 amide bonds. The molecular weight excluding hydrogens is 323 g/mol. The van der Waals surface area contributed by atoms with Crippen molar-refractivity contribution >= 4 is 28.7 Å². The molecule has 0 aliphatic heterocycles. The fourth-order valence-electron chi connectivity index (χ4n) is 2.14. The van der Waals surface area contributed by atoms with Gasteiger partial charge in [0.15, 0.2) is 5.96 Å². The minimum absolute atomic E-state index is 0.106. The minimum Gasteiger partial charge on any atom is -0.326 e. The molecule has 1 aliphatic rings. The molecule has 7 heteroatoms. The Bertz CT molecular complexity index is 677. The topological polar surface area (TPSA) is 47.9 Å². The molecule has 1 atom stereocenters. The molecule has 23 heavy (non-hydrogen) atoms. The Morgan fingerprint density at radius 2 is 2.04 bits per heavy atom. The maximum atomic E-state index is 12.9. The summed E-state index contributed by atoms with van der Waals surface area (Å²) in [6, 6.07) is 7.46. The van der Waals surface area contributed by atoms with Crippen molar-refractivity contribution in [1.29, 1.82) is 5.41 Å². The van der Waals surface area contributed by atoms with Crippen LogP contribution in [0.3, 0.4) is 0 Å². The molecule has 1 aromatic rings. The highest BCUT2D eigenvalue weighted by Gasteiger charge is 2.42. The number of rotatable bonds is 3. The molecule has 3 N–H and O–H groups in total. The Morgan fingerprint density at radius 3 is 2.70 bits per heavy atom. The summed E-state index contributed by atoms with van der Waals surface area (Å²) in [4.78, 5) is -0.270. The molecule has 3 nitrogen and oxygen atoms in total. The number of hydrogen-bond donors (Lipinski definition) is 3. The van der Waals surface area contributed by atoms with Crippen LogP contribution in [0.4, 0.5) is 18.9 Å². The van der Waals surface area contributed by atoms with E-state index in [0.717, 1.165) is 18.1 Å². The molecule has 0 radical (unpaired) electrons. The fourth-order valence-corrected chi connectivity index (χ4v) is 2.47. The summed E-state index contributed by atoms with van der Waals surface area (Å²) in [6.07, 6.45) is 0.156. The predicted octanol–water partition coefficient (Wildman–Crippen LogP) is 4.19. The van der Waals surface area contributed by atoms with Crippen molar-refractivity contribution in [1.82, 2.24) is 5.32 Å². The normalized spacial score (nSPS) is 17.7. The second-order valence-electron chi connectivity index (χ2n) is 5.03. The van der Waals surface area contributed by atoms with Crippen LogP contribution in [-0.4, -0.2) is 17.0 Å². The number of benzene rings is 1. The SMILES string of the molecule is CCc1cccc(NC(=N)NC2=CC=CC(C(F)(F)F)C2=S)c1. The van der Waals surface area contributed by atoms with Crippen molar-refractivity contribution in [2.24, 2.45) is 5.92 Å². The van der Waals surface area contributed by atoms with Gasteiger partial charge in [-0.25, -0.2) is 0 Å². The molecule has 2 rings (SSSR count). The van der Waals surface area contributed by atoms with E-state index in [9.17, 15) is 13.2 Å². The van der Waals surface area contributed by atoms with Crippen molar-refractivity contribution < 1.29 is 13.2 Å². The largest absolute Gasteiger partial charge is 0.400 e. The van der Waals surface area contributed by atoms with Crippen LogP contribution >= 0.6 is 12.2 Å². The van der Waals surface area contributed by atoms with E-state index in [1.165, 1.54) is 12.2 Å². The van der Waals surface area contributed by atoms with Gasteiger partial charge in [-0.05, 0) is 30.2 Å². The monoisotopic (exact) mass is 339 g/mol. The van der Waals surface area contributed by atoms with E-state index in [4.69, 9.17) is 17.6 Å². The first-order chi connectivity index (χ1) is 10.8. The van der Waals surface area contributed by atoms with Gasteiger partial charge in [0, 0.05) is 5.69 Å². The highest BCUT2D eigenvalue weighted by atomic mass is 32.1. The van der Waals surface area contributed by atoms with Crippen LogP contribution in [-0.2, 0) is 6.42 Å². The second kappa shape index (κ2) is 6.95. The van der Waals surface area contributed by atoms with E-state index in [0.29, 0.717) is 5.69 Å². The molecule has 0 aromatic heterocycles. The van der Waals surface area contributed by atoms with Crippen LogP contribution < -0.4 is 10.6 Å². The highest BCUT2D eigenvalue weighted by molar-refractivity contribution is 7.80. The van der Waals surface area contributed by atoms with E-state index in [2.05, 4.69) is 10.6 Å². The molecular formula is C16H16F3N3S. The summed E-state index contributed by atoms with van der Waals surface area (Å²) >= 11 is 4.89. The van der Waals surface area contributed by atoms with E-state index < -0.39 is 12.1 Å². The maximum Gasteiger partial charge on any atom is 0.400 e. The number of aryl methyl sites for hydroxylation is 1. The van der Waals surface area contributed by atoms with Crippen LogP contribution in [0.25, 0.3) is 0 Å². The summed E-state index contributed by atoms with van der Waals surface area (Å²) in [5, 5.41) is 13.3. The molecule has 0 bridgehead atoms. The lowest BCUT2D eigenvalue weighted by molar-refractivity contribution is -0.143. The first-order valence-electron chi connectivity index (χ1n) is 7.02. The van der Waals surface area contributed by atoms with E-state index >= 15 is 0 Å². The molecule has 1 aliphatic carbocycles. The van der Waals surface area contributed by atoms with Crippen LogP contribution in [0.1, 0.15) is 12.5 Å². The van der Waals surface area contributed by atoms with Gasteiger partial charge in [0.2, 0.25) is 0 Å². The third-order valence-corrected chi connectivity index (χ3v) is 3.81. The zero-order chi connectivity index (χ0) is 17.0.